The smallest absolute Gasteiger partial charge is 0.242 e. The molecule has 0 spiro atoms. The quantitative estimate of drug-likeness (QED) is 0.792. The van der Waals surface area contributed by atoms with Crippen molar-refractivity contribution in [3.8, 4) is 0 Å². The topological polar surface area (TPSA) is 59.8 Å². The van der Waals surface area contributed by atoms with Crippen molar-refractivity contribution < 1.29 is 4.79 Å². The molecule has 90 valence electrons. The monoisotopic (exact) mass is 224 g/mol. The van der Waals surface area contributed by atoms with E-state index in [2.05, 4.69) is 29.5 Å². The van der Waals surface area contributed by atoms with Crippen LogP contribution in [0.1, 0.15) is 38.8 Å². The molecule has 5 nitrogen and oxygen atoms in total. The number of nitrogens with zero attached hydrogens (tertiary/aromatic N) is 3. The number of carbonyl (C=O) groups is 1. The first-order valence-corrected chi connectivity index (χ1v) is 5.81. The summed E-state index contributed by atoms with van der Waals surface area (Å²) in [5.41, 5.74) is 0.827. The molecule has 0 fully saturated rings. The minimum Gasteiger partial charge on any atom is -0.352 e. The van der Waals surface area contributed by atoms with Gasteiger partial charge in [0.15, 0.2) is 0 Å². The molecule has 0 aliphatic heterocycles. The van der Waals surface area contributed by atoms with E-state index in [-0.39, 0.29) is 18.5 Å². The fourth-order valence-electron chi connectivity index (χ4n) is 1.62. The molecule has 0 radical (unpaired) electrons. The lowest BCUT2D eigenvalue weighted by atomic mass is 10.1. The lowest BCUT2D eigenvalue weighted by Crippen LogP contribution is -2.36. The van der Waals surface area contributed by atoms with Crippen molar-refractivity contribution in [2.24, 2.45) is 0 Å². The van der Waals surface area contributed by atoms with Crippen LogP contribution in [0.15, 0.2) is 6.20 Å². The van der Waals surface area contributed by atoms with Gasteiger partial charge in [0, 0.05) is 12.2 Å². The summed E-state index contributed by atoms with van der Waals surface area (Å²) in [6, 6.07) is 0.280. The highest BCUT2D eigenvalue weighted by atomic mass is 16.2. The number of amides is 1. The summed E-state index contributed by atoms with van der Waals surface area (Å²) in [5, 5.41) is 10.7. The van der Waals surface area contributed by atoms with Gasteiger partial charge in [0.05, 0.1) is 5.69 Å². The van der Waals surface area contributed by atoms with Crippen LogP contribution in [0.3, 0.4) is 0 Å². The van der Waals surface area contributed by atoms with Gasteiger partial charge in [-0.3, -0.25) is 4.79 Å². The molecule has 1 heterocycles. The second-order valence-corrected chi connectivity index (χ2v) is 4.02. The zero-order chi connectivity index (χ0) is 12.0. The van der Waals surface area contributed by atoms with Gasteiger partial charge in [0.25, 0.3) is 0 Å². The zero-order valence-corrected chi connectivity index (χ0v) is 10.2. The lowest BCUT2D eigenvalue weighted by Gasteiger charge is -2.15. The Hall–Kier alpha value is -1.39. The van der Waals surface area contributed by atoms with Crippen LogP contribution in [-0.2, 0) is 11.3 Å². The number of hydrogen-bond acceptors (Lipinski definition) is 3. The Balaban J connectivity index is 2.40. The second-order valence-electron chi connectivity index (χ2n) is 4.02. The predicted octanol–water partition coefficient (Wildman–Crippen LogP) is 1.28. The highest BCUT2D eigenvalue weighted by Crippen LogP contribution is 2.00. The van der Waals surface area contributed by atoms with E-state index in [1.165, 1.54) is 0 Å². The standard InChI is InChI=1S/C11H20N4O/c1-4-6-10(5-2)12-11(16)8-15-7-9(3)13-14-15/h7,10H,4-6,8H2,1-3H3,(H,12,16). The molecule has 0 aliphatic rings. The zero-order valence-electron chi connectivity index (χ0n) is 10.2. The van der Waals surface area contributed by atoms with Crippen LogP contribution >= 0.6 is 0 Å². The van der Waals surface area contributed by atoms with E-state index in [1.54, 1.807) is 10.9 Å². The van der Waals surface area contributed by atoms with Gasteiger partial charge in [0.1, 0.15) is 6.54 Å². The van der Waals surface area contributed by atoms with E-state index in [4.69, 9.17) is 0 Å². The largest absolute Gasteiger partial charge is 0.352 e. The maximum Gasteiger partial charge on any atom is 0.242 e. The highest BCUT2D eigenvalue weighted by Gasteiger charge is 2.10. The van der Waals surface area contributed by atoms with Gasteiger partial charge in [-0.05, 0) is 19.8 Å². The molecule has 5 heteroatoms. The van der Waals surface area contributed by atoms with Crippen LogP contribution in [0, 0.1) is 6.92 Å². The van der Waals surface area contributed by atoms with E-state index < -0.39 is 0 Å². The summed E-state index contributed by atoms with van der Waals surface area (Å²) in [6.45, 7) is 6.31. The Morgan fingerprint density at radius 3 is 2.81 bits per heavy atom. The Morgan fingerprint density at radius 1 is 1.56 bits per heavy atom. The first kappa shape index (κ1) is 12.7. The number of nitrogens with one attached hydrogen (secondary N) is 1. The van der Waals surface area contributed by atoms with E-state index in [9.17, 15) is 4.79 Å². The van der Waals surface area contributed by atoms with Crippen LogP contribution in [0.5, 0.6) is 0 Å². The highest BCUT2D eigenvalue weighted by molar-refractivity contribution is 5.75. The first-order valence-electron chi connectivity index (χ1n) is 5.81. The summed E-state index contributed by atoms with van der Waals surface area (Å²) in [6.07, 6.45) is 4.84. The molecule has 1 atom stereocenters. The van der Waals surface area contributed by atoms with Gasteiger partial charge in [-0.1, -0.05) is 25.5 Å². The van der Waals surface area contributed by atoms with Gasteiger partial charge in [-0.25, -0.2) is 4.68 Å². The van der Waals surface area contributed by atoms with Gasteiger partial charge in [-0.2, -0.15) is 0 Å². The SMILES string of the molecule is CCCC(CC)NC(=O)Cn1cc(C)nn1. The Bertz CT molecular complexity index is 334. The van der Waals surface area contributed by atoms with Crippen molar-refractivity contribution in [1.82, 2.24) is 20.3 Å². The average Bonchev–Trinajstić information content (AvgIpc) is 2.63. The molecule has 1 aromatic heterocycles. The summed E-state index contributed by atoms with van der Waals surface area (Å²) < 4.78 is 1.56. The molecule has 0 bridgehead atoms. The Kier molecular flexibility index (Phi) is 4.95. The van der Waals surface area contributed by atoms with Gasteiger partial charge in [-0.15, -0.1) is 5.10 Å². The summed E-state index contributed by atoms with van der Waals surface area (Å²) in [7, 11) is 0. The summed E-state index contributed by atoms with van der Waals surface area (Å²) >= 11 is 0. The number of aromatic nitrogens is 3. The summed E-state index contributed by atoms with van der Waals surface area (Å²) in [5.74, 6) is 0.00481. The third kappa shape index (κ3) is 4.00. The van der Waals surface area contributed by atoms with Crippen LogP contribution in [0.4, 0.5) is 0 Å². The second kappa shape index (κ2) is 6.25. The minimum absolute atomic E-state index is 0.00481. The number of carbonyl (C=O) groups excluding carboxylic acids is 1. The summed E-state index contributed by atoms with van der Waals surface area (Å²) in [4.78, 5) is 11.7. The van der Waals surface area contributed by atoms with E-state index in [1.807, 2.05) is 6.92 Å². The molecule has 0 saturated carbocycles. The van der Waals surface area contributed by atoms with Crippen LogP contribution in [0.25, 0.3) is 0 Å². The van der Waals surface area contributed by atoms with Gasteiger partial charge >= 0.3 is 0 Å². The fraction of sp³-hybridized carbons (Fsp3) is 0.727. The van der Waals surface area contributed by atoms with Crippen LogP contribution < -0.4 is 5.32 Å². The molecule has 16 heavy (non-hydrogen) atoms. The number of hydrogen-bond donors (Lipinski definition) is 1. The molecule has 1 aromatic rings. The molecule has 1 amide bonds. The third-order valence-electron chi connectivity index (χ3n) is 2.45. The van der Waals surface area contributed by atoms with E-state index >= 15 is 0 Å². The van der Waals surface area contributed by atoms with Crippen molar-refractivity contribution in [1.29, 1.82) is 0 Å². The fourth-order valence-corrected chi connectivity index (χ4v) is 1.62. The van der Waals surface area contributed by atoms with Crippen molar-refractivity contribution in [3.05, 3.63) is 11.9 Å². The van der Waals surface area contributed by atoms with Gasteiger partial charge < -0.3 is 5.32 Å². The molecule has 1 N–H and O–H groups in total. The van der Waals surface area contributed by atoms with E-state index in [0.29, 0.717) is 0 Å². The maximum absolute atomic E-state index is 11.7. The lowest BCUT2D eigenvalue weighted by molar-refractivity contribution is -0.122. The molecule has 1 rings (SSSR count). The molecule has 0 saturated heterocycles. The minimum atomic E-state index is 0.00481. The first-order chi connectivity index (χ1) is 7.65. The van der Waals surface area contributed by atoms with E-state index in [0.717, 1.165) is 25.0 Å². The molecule has 0 aromatic carbocycles. The average molecular weight is 224 g/mol. The predicted molar refractivity (Wildman–Crippen MR) is 61.9 cm³/mol. The maximum atomic E-state index is 11.7. The van der Waals surface area contributed by atoms with Crippen LogP contribution in [-0.4, -0.2) is 26.9 Å². The van der Waals surface area contributed by atoms with Crippen molar-refractivity contribution in [2.45, 2.75) is 52.6 Å². The molecule has 1 unspecified atom stereocenters. The number of aryl methyl sites for hydroxylation is 1. The molecule has 0 aliphatic carbocycles. The normalized spacial score (nSPS) is 12.4. The van der Waals surface area contributed by atoms with Crippen molar-refractivity contribution in [2.75, 3.05) is 0 Å². The number of rotatable bonds is 6. The van der Waals surface area contributed by atoms with Crippen LogP contribution in [0.2, 0.25) is 0 Å². The molecular weight excluding hydrogens is 204 g/mol. The molecular formula is C11H20N4O. The Morgan fingerprint density at radius 2 is 2.31 bits per heavy atom. The Labute approximate surface area is 96.2 Å². The van der Waals surface area contributed by atoms with Crippen molar-refractivity contribution in [3.63, 3.8) is 0 Å². The third-order valence-corrected chi connectivity index (χ3v) is 2.45. The van der Waals surface area contributed by atoms with Gasteiger partial charge in [0.2, 0.25) is 5.91 Å². The van der Waals surface area contributed by atoms with Crippen molar-refractivity contribution >= 4 is 5.91 Å².